The van der Waals surface area contributed by atoms with Gasteiger partial charge >= 0.3 is 0 Å². The summed E-state index contributed by atoms with van der Waals surface area (Å²) in [6.45, 7) is 4.78. The van der Waals surface area contributed by atoms with Crippen LogP contribution in [-0.4, -0.2) is 22.6 Å². The third kappa shape index (κ3) is 3.35. The van der Waals surface area contributed by atoms with E-state index >= 15 is 0 Å². The number of nitrogens with one attached hydrogen (secondary N) is 1. The van der Waals surface area contributed by atoms with Crippen LogP contribution in [0.1, 0.15) is 31.0 Å². The molecular weight excluding hydrogens is 268 g/mol. The van der Waals surface area contributed by atoms with E-state index < -0.39 is 0 Å². The number of hydrogen-bond donors (Lipinski definition) is 1. The van der Waals surface area contributed by atoms with E-state index in [1.807, 2.05) is 12.4 Å². The van der Waals surface area contributed by atoms with Gasteiger partial charge in [0, 0.05) is 25.3 Å². The average Bonchev–Trinajstić information content (AvgIpc) is 3.19. The van der Waals surface area contributed by atoms with Crippen LogP contribution in [0.4, 0.5) is 5.82 Å². The lowest BCUT2D eigenvalue weighted by molar-refractivity contribution is 0.698. The highest BCUT2D eigenvalue weighted by molar-refractivity contribution is 7.07. The second-order valence-electron chi connectivity index (χ2n) is 5.14. The summed E-state index contributed by atoms with van der Waals surface area (Å²) in [7, 11) is 0. The summed E-state index contributed by atoms with van der Waals surface area (Å²) in [4.78, 5) is 11.5. The molecule has 0 saturated heterocycles. The average molecular weight is 288 g/mol. The van der Waals surface area contributed by atoms with Crippen molar-refractivity contribution in [2.45, 2.75) is 38.9 Å². The fourth-order valence-electron chi connectivity index (χ4n) is 2.23. The summed E-state index contributed by atoms with van der Waals surface area (Å²) in [6.07, 6.45) is 6.27. The first-order valence-corrected chi connectivity index (χ1v) is 8.10. The lowest BCUT2D eigenvalue weighted by Crippen LogP contribution is -2.26. The Labute approximate surface area is 123 Å². The molecule has 3 rings (SSSR count). The highest BCUT2D eigenvalue weighted by Gasteiger charge is 2.30. The van der Waals surface area contributed by atoms with Crippen molar-refractivity contribution in [3.8, 4) is 0 Å². The first-order valence-electron chi connectivity index (χ1n) is 7.16. The summed E-state index contributed by atoms with van der Waals surface area (Å²) in [5.41, 5.74) is 2.38. The third-order valence-corrected chi connectivity index (χ3v) is 4.17. The van der Waals surface area contributed by atoms with Crippen molar-refractivity contribution in [2.24, 2.45) is 0 Å². The van der Waals surface area contributed by atoms with E-state index in [4.69, 9.17) is 4.98 Å². The van der Waals surface area contributed by atoms with Gasteiger partial charge in [0.2, 0.25) is 0 Å². The molecule has 20 heavy (non-hydrogen) atoms. The van der Waals surface area contributed by atoms with Gasteiger partial charge in [-0.25, -0.2) is 4.98 Å². The highest BCUT2D eigenvalue weighted by Crippen LogP contribution is 2.32. The van der Waals surface area contributed by atoms with Gasteiger partial charge in [0.1, 0.15) is 5.82 Å². The van der Waals surface area contributed by atoms with Crippen molar-refractivity contribution in [1.82, 2.24) is 15.3 Å². The molecule has 5 heteroatoms. The van der Waals surface area contributed by atoms with Crippen LogP contribution in [-0.2, 0) is 13.1 Å². The molecule has 0 aliphatic heterocycles. The van der Waals surface area contributed by atoms with E-state index in [9.17, 15) is 0 Å². The molecule has 0 atom stereocenters. The molecule has 1 aliphatic carbocycles. The largest absolute Gasteiger partial charge is 0.348 e. The Morgan fingerprint density at radius 3 is 3.00 bits per heavy atom. The molecule has 0 spiro atoms. The smallest absolute Gasteiger partial charge is 0.148 e. The Balaban J connectivity index is 1.76. The van der Waals surface area contributed by atoms with Gasteiger partial charge < -0.3 is 10.2 Å². The molecule has 2 heterocycles. The van der Waals surface area contributed by atoms with Gasteiger partial charge in [-0.15, -0.1) is 0 Å². The molecule has 1 saturated carbocycles. The van der Waals surface area contributed by atoms with Crippen LogP contribution in [0.3, 0.4) is 0 Å². The molecule has 0 aromatic carbocycles. The highest BCUT2D eigenvalue weighted by atomic mass is 32.1. The minimum atomic E-state index is 0.638. The molecule has 0 radical (unpaired) electrons. The zero-order valence-electron chi connectivity index (χ0n) is 11.7. The van der Waals surface area contributed by atoms with Crippen molar-refractivity contribution < 1.29 is 0 Å². The number of thiophene rings is 1. The maximum Gasteiger partial charge on any atom is 0.148 e. The van der Waals surface area contributed by atoms with Crippen LogP contribution in [0.25, 0.3) is 0 Å². The molecule has 4 nitrogen and oxygen atoms in total. The van der Waals surface area contributed by atoms with E-state index in [-0.39, 0.29) is 0 Å². The third-order valence-electron chi connectivity index (χ3n) is 3.44. The van der Waals surface area contributed by atoms with Crippen LogP contribution < -0.4 is 10.2 Å². The molecule has 2 aromatic rings. The molecule has 0 unspecified atom stereocenters. The lowest BCUT2D eigenvalue weighted by Gasteiger charge is -2.23. The minimum Gasteiger partial charge on any atom is -0.348 e. The van der Waals surface area contributed by atoms with Crippen LogP contribution >= 0.6 is 11.3 Å². The Morgan fingerprint density at radius 1 is 1.40 bits per heavy atom. The van der Waals surface area contributed by atoms with Crippen molar-refractivity contribution in [3.05, 3.63) is 40.5 Å². The molecule has 1 N–H and O–H groups in total. The van der Waals surface area contributed by atoms with E-state index in [1.54, 1.807) is 11.3 Å². The first-order chi connectivity index (χ1) is 9.86. The van der Waals surface area contributed by atoms with Gasteiger partial charge in [-0.05, 0) is 41.8 Å². The van der Waals surface area contributed by atoms with Crippen LogP contribution in [0.15, 0.2) is 29.2 Å². The standard InChI is InChI=1S/C15H20N4S/c1-2-16-7-13-8-17-9-15(18-13)19(14-3-4-14)10-12-5-6-20-11-12/h5-6,8-9,11,14,16H,2-4,7,10H2,1H3. The van der Waals surface area contributed by atoms with E-state index in [1.165, 1.54) is 18.4 Å². The number of aromatic nitrogens is 2. The predicted molar refractivity (Wildman–Crippen MR) is 82.9 cm³/mol. The molecule has 106 valence electrons. The quantitative estimate of drug-likeness (QED) is 0.850. The zero-order chi connectivity index (χ0) is 13.8. The topological polar surface area (TPSA) is 41.1 Å². The first kappa shape index (κ1) is 13.5. The van der Waals surface area contributed by atoms with Crippen LogP contribution in [0.2, 0.25) is 0 Å². The predicted octanol–water partition coefficient (Wildman–Crippen LogP) is 2.82. The second-order valence-corrected chi connectivity index (χ2v) is 5.92. The van der Waals surface area contributed by atoms with Gasteiger partial charge in [0.05, 0.1) is 11.9 Å². The summed E-state index contributed by atoms with van der Waals surface area (Å²) >= 11 is 1.75. The lowest BCUT2D eigenvalue weighted by atomic mass is 10.3. The Hall–Kier alpha value is -1.46. The van der Waals surface area contributed by atoms with Crippen molar-refractivity contribution in [2.75, 3.05) is 11.4 Å². The van der Waals surface area contributed by atoms with Crippen molar-refractivity contribution >= 4 is 17.2 Å². The van der Waals surface area contributed by atoms with Crippen molar-refractivity contribution in [3.63, 3.8) is 0 Å². The number of hydrogen-bond acceptors (Lipinski definition) is 5. The van der Waals surface area contributed by atoms with E-state index in [0.717, 1.165) is 31.1 Å². The van der Waals surface area contributed by atoms with Gasteiger partial charge in [0.15, 0.2) is 0 Å². The summed E-state index contributed by atoms with van der Waals surface area (Å²) < 4.78 is 0. The molecule has 1 fully saturated rings. The van der Waals surface area contributed by atoms with Crippen molar-refractivity contribution in [1.29, 1.82) is 0 Å². The second kappa shape index (κ2) is 6.33. The van der Waals surface area contributed by atoms with E-state index in [2.05, 4.69) is 39.0 Å². The summed E-state index contributed by atoms with van der Waals surface area (Å²) in [5.74, 6) is 1.01. The minimum absolute atomic E-state index is 0.638. The van der Waals surface area contributed by atoms with Gasteiger partial charge in [0.25, 0.3) is 0 Å². The molecular formula is C15H20N4S. The number of nitrogens with zero attached hydrogens (tertiary/aromatic N) is 3. The van der Waals surface area contributed by atoms with Gasteiger partial charge in [-0.2, -0.15) is 11.3 Å². The maximum absolute atomic E-state index is 4.76. The number of rotatable bonds is 7. The normalized spacial score (nSPS) is 14.4. The monoisotopic (exact) mass is 288 g/mol. The Bertz CT molecular complexity index is 537. The fourth-order valence-corrected chi connectivity index (χ4v) is 2.89. The van der Waals surface area contributed by atoms with Crippen LogP contribution in [0.5, 0.6) is 0 Å². The Kier molecular flexibility index (Phi) is 4.28. The molecule has 0 bridgehead atoms. The summed E-state index contributed by atoms with van der Waals surface area (Å²) in [5, 5.41) is 7.65. The van der Waals surface area contributed by atoms with Crippen LogP contribution in [0, 0.1) is 0 Å². The molecule has 0 amide bonds. The molecule has 1 aliphatic rings. The zero-order valence-corrected chi connectivity index (χ0v) is 12.6. The van der Waals surface area contributed by atoms with Gasteiger partial charge in [-0.1, -0.05) is 6.92 Å². The fraction of sp³-hybridized carbons (Fsp3) is 0.467. The molecule has 2 aromatic heterocycles. The van der Waals surface area contributed by atoms with Gasteiger partial charge in [-0.3, -0.25) is 4.98 Å². The van der Waals surface area contributed by atoms with E-state index in [0.29, 0.717) is 6.04 Å². The Morgan fingerprint density at radius 2 is 2.30 bits per heavy atom. The maximum atomic E-state index is 4.76. The summed E-state index contributed by atoms with van der Waals surface area (Å²) in [6, 6.07) is 2.83. The SMILES string of the molecule is CCNCc1cncc(N(Cc2ccsc2)C2CC2)n1. The number of anilines is 1.